The summed E-state index contributed by atoms with van der Waals surface area (Å²) < 4.78 is 0. The normalized spacial score (nSPS) is 18.8. The van der Waals surface area contributed by atoms with Crippen molar-refractivity contribution in [1.29, 1.82) is 0 Å². The second-order valence-electron chi connectivity index (χ2n) is 22.1. The van der Waals surface area contributed by atoms with E-state index in [9.17, 15) is 0 Å². The number of hydrogen-bond donors (Lipinski definition) is 0. The van der Waals surface area contributed by atoms with Crippen LogP contribution in [0.1, 0.15) is 126 Å². The predicted molar refractivity (Wildman–Crippen MR) is 293 cm³/mol. The van der Waals surface area contributed by atoms with Crippen LogP contribution in [0.25, 0.3) is 22.3 Å². The van der Waals surface area contributed by atoms with E-state index in [-0.39, 0.29) is 16.2 Å². The van der Waals surface area contributed by atoms with Crippen LogP contribution in [0.5, 0.6) is 0 Å². The van der Waals surface area contributed by atoms with Crippen molar-refractivity contribution in [3.05, 3.63) is 228 Å². The number of hydrogen-bond acceptors (Lipinski definition) is 2. The first-order valence-corrected chi connectivity index (χ1v) is 25.9. The van der Waals surface area contributed by atoms with Crippen molar-refractivity contribution in [2.45, 2.75) is 109 Å². The Hall–Kier alpha value is -6.64. The summed E-state index contributed by atoms with van der Waals surface area (Å²) in [6, 6.07) is 75.7. The summed E-state index contributed by atoms with van der Waals surface area (Å²) in [6.07, 6.45) is 11.4. The van der Waals surface area contributed by atoms with Crippen LogP contribution in [-0.4, -0.2) is 0 Å². The van der Waals surface area contributed by atoms with Crippen LogP contribution in [0.2, 0.25) is 0 Å². The maximum atomic E-state index is 2.52. The molecule has 2 saturated carbocycles. The van der Waals surface area contributed by atoms with Crippen LogP contribution in [0.15, 0.2) is 200 Å². The number of nitrogens with zero attached hydrogens (tertiary/aromatic N) is 2. The van der Waals surface area contributed by atoms with Crippen molar-refractivity contribution in [2.24, 2.45) is 11.3 Å². The minimum atomic E-state index is -0.155. The SMILES string of the molecule is CC1(C)c2cc(N(c3ccc(C4CCCCC4)cc3)c3ccc(C4(c5ccc(N(c6ccccc6)c6ccccc6)cc5)CCCC(C(C)(C)C)C4)cc3)ccc2-c2c(-c3ccccc3)cccc21. The summed E-state index contributed by atoms with van der Waals surface area (Å²) in [4.78, 5) is 4.90. The molecule has 0 N–H and O–H groups in total. The zero-order chi connectivity index (χ0) is 47.2. The zero-order valence-electron chi connectivity index (χ0n) is 41.5. The molecule has 0 aromatic heterocycles. The van der Waals surface area contributed by atoms with Crippen molar-refractivity contribution < 1.29 is 0 Å². The third kappa shape index (κ3) is 8.41. The van der Waals surface area contributed by atoms with Crippen LogP contribution < -0.4 is 9.80 Å². The molecule has 8 aromatic rings. The molecule has 8 aromatic carbocycles. The van der Waals surface area contributed by atoms with Crippen molar-refractivity contribution in [1.82, 2.24) is 0 Å². The molecule has 0 saturated heterocycles. The molecule has 0 amide bonds. The smallest absolute Gasteiger partial charge is 0.0465 e. The number of fused-ring (bicyclic) bond motifs is 3. The Bertz CT molecular complexity index is 2970. The highest BCUT2D eigenvalue weighted by atomic mass is 15.1. The first kappa shape index (κ1) is 44.8. The fourth-order valence-electron chi connectivity index (χ4n) is 12.7. The molecule has 3 aliphatic rings. The lowest BCUT2D eigenvalue weighted by Crippen LogP contribution is -2.38. The molecule has 3 aliphatic carbocycles. The maximum absolute atomic E-state index is 2.52. The van der Waals surface area contributed by atoms with E-state index in [2.05, 4.69) is 245 Å². The Kier molecular flexibility index (Phi) is 11.9. The van der Waals surface area contributed by atoms with Gasteiger partial charge >= 0.3 is 0 Å². The lowest BCUT2D eigenvalue weighted by atomic mass is 9.58. The number of benzene rings is 8. The van der Waals surface area contributed by atoms with Crippen molar-refractivity contribution in [2.75, 3.05) is 9.80 Å². The Labute approximate surface area is 412 Å². The van der Waals surface area contributed by atoms with Gasteiger partial charge in [-0.2, -0.15) is 0 Å². The van der Waals surface area contributed by atoms with Crippen LogP contribution in [-0.2, 0) is 10.8 Å². The highest BCUT2D eigenvalue weighted by molar-refractivity contribution is 5.94. The average Bonchev–Trinajstić information content (AvgIpc) is 3.63. The first-order chi connectivity index (χ1) is 33.6. The van der Waals surface area contributed by atoms with Gasteiger partial charge in [-0.05, 0) is 172 Å². The van der Waals surface area contributed by atoms with Gasteiger partial charge in [0.2, 0.25) is 0 Å². The molecule has 346 valence electrons. The fraction of sp³-hybridized carbons (Fsp3) is 0.284. The summed E-state index contributed by atoms with van der Waals surface area (Å²) in [7, 11) is 0. The molecule has 0 heterocycles. The summed E-state index contributed by atoms with van der Waals surface area (Å²) in [5.74, 6) is 1.27. The topological polar surface area (TPSA) is 6.48 Å². The molecular formula is C67H68N2. The van der Waals surface area contributed by atoms with E-state index >= 15 is 0 Å². The molecule has 2 nitrogen and oxygen atoms in total. The number of rotatable bonds is 10. The molecular weight excluding hydrogens is 833 g/mol. The van der Waals surface area contributed by atoms with E-state index in [4.69, 9.17) is 0 Å². The highest BCUT2D eigenvalue weighted by Crippen LogP contribution is 2.55. The Morgan fingerprint density at radius 2 is 0.942 bits per heavy atom. The third-order valence-corrected chi connectivity index (χ3v) is 16.6. The standard InChI is InChI=1S/C67H68N2/c1-65(2,3)53-24-19-45-67(47-53,51-33-39-57(40-34-51)68(54-25-14-8-15-26-54)55-27-16-9-17-28-55)52-35-41-58(42-36-52)69(56-37-31-49(32-38-56)48-20-10-6-11-21-48)59-43-44-61-63(46-59)66(4,5)62-30-18-29-60(64(61)62)50-22-12-7-13-23-50/h7-9,12-18,22-23,25-44,46,48,53H,6,10-11,19-21,24,45,47H2,1-5H3. The highest BCUT2D eigenvalue weighted by Gasteiger charge is 2.43. The minimum Gasteiger partial charge on any atom is -0.311 e. The van der Waals surface area contributed by atoms with E-state index < -0.39 is 0 Å². The van der Waals surface area contributed by atoms with E-state index in [0.29, 0.717) is 11.8 Å². The van der Waals surface area contributed by atoms with Gasteiger partial charge in [0, 0.05) is 45.0 Å². The molecule has 2 unspecified atom stereocenters. The largest absolute Gasteiger partial charge is 0.311 e. The van der Waals surface area contributed by atoms with Gasteiger partial charge in [0.1, 0.15) is 0 Å². The van der Waals surface area contributed by atoms with Crippen LogP contribution in [0.3, 0.4) is 0 Å². The lowest BCUT2D eigenvalue weighted by Gasteiger charge is -2.46. The molecule has 0 bridgehead atoms. The van der Waals surface area contributed by atoms with Gasteiger partial charge in [-0.25, -0.2) is 0 Å². The summed E-state index contributed by atoms with van der Waals surface area (Å²) in [5.41, 5.74) is 19.4. The zero-order valence-corrected chi connectivity index (χ0v) is 41.5. The molecule has 69 heavy (non-hydrogen) atoms. The van der Waals surface area contributed by atoms with E-state index in [0.717, 1.165) is 24.2 Å². The van der Waals surface area contributed by atoms with Crippen LogP contribution in [0.4, 0.5) is 34.1 Å². The minimum absolute atomic E-state index is 0.107. The van der Waals surface area contributed by atoms with Crippen LogP contribution in [0, 0.1) is 11.3 Å². The lowest BCUT2D eigenvalue weighted by molar-refractivity contribution is 0.137. The second kappa shape index (κ2) is 18.4. The summed E-state index contributed by atoms with van der Waals surface area (Å²) in [5, 5.41) is 0. The quantitative estimate of drug-likeness (QED) is 0.135. The fourth-order valence-corrected chi connectivity index (χ4v) is 12.7. The summed E-state index contributed by atoms with van der Waals surface area (Å²) >= 11 is 0. The molecule has 11 rings (SSSR count). The van der Waals surface area contributed by atoms with Gasteiger partial charge in [0.05, 0.1) is 0 Å². The van der Waals surface area contributed by atoms with Crippen molar-refractivity contribution >= 4 is 34.1 Å². The van der Waals surface area contributed by atoms with Gasteiger partial charge in [0.25, 0.3) is 0 Å². The molecule has 0 radical (unpaired) electrons. The number of para-hydroxylation sites is 2. The average molecular weight is 901 g/mol. The first-order valence-electron chi connectivity index (χ1n) is 25.9. The molecule has 2 fully saturated rings. The second-order valence-corrected chi connectivity index (χ2v) is 22.1. The third-order valence-electron chi connectivity index (χ3n) is 16.6. The molecule has 0 aliphatic heterocycles. The Morgan fingerprint density at radius 1 is 0.435 bits per heavy atom. The van der Waals surface area contributed by atoms with Crippen LogP contribution >= 0.6 is 0 Å². The summed E-state index contributed by atoms with van der Waals surface area (Å²) in [6.45, 7) is 12.2. The van der Waals surface area contributed by atoms with Gasteiger partial charge in [-0.3, -0.25) is 0 Å². The van der Waals surface area contributed by atoms with Gasteiger partial charge < -0.3 is 9.80 Å². The van der Waals surface area contributed by atoms with Gasteiger partial charge in [-0.15, -0.1) is 0 Å². The van der Waals surface area contributed by atoms with Gasteiger partial charge in [0.15, 0.2) is 0 Å². The van der Waals surface area contributed by atoms with E-state index in [1.807, 2.05) is 0 Å². The van der Waals surface area contributed by atoms with Gasteiger partial charge in [-0.1, -0.05) is 188 Å². The predicted octanol–water partition coefficient (Wildman–Crippen LogP) is 19.2. The van der Waals surface area contributed by atoms with Crippen molar-refractivity contribution in [3.8, 4) is 22.3 Å². The molecule has 2 atom stereocenters. The molecule has 0 spiro atoms. The monoisotopic (exact) mass is 901 g/mol. The molecule has 2 heteroatoms. The Balaban J connectivity index is 1.00. The van der Waals surface area contributed by atoms with E-state index in [1.165, 1.54) is 118 Å². The Morgan fingerprint density at radius 3 is 1.51 bits per heavy atom. The maximum Gasteiger partial charge on any atom is 0.0465 e. The number of anilines is 6. The van der Waals surface area contributed by atoms with E-state index in [1.54, 1.807) is 0 Å². The van der Waals surface area contributed by atoms with Crippen molar-refractivity contribution in [3.63, 3.8) is 0 Å².